The maximum Gasteiger partial charge on any atom is 0.338 e. The molecule has 226 valence electrons. The fourth-order valence-electron chi connectivity index (χ4n) is 4.93. The van der Waals surface area contributed by atoms with E-state index < -0.39 is 12.0 Å². The number of halogens is 4. The number of ether oxygens (including phenoxy) is 4. The van der Waals surface area contributed by atoms with Crippen molar-refractivity contribution in [1.82, 2.24) is 4.57 Å². The van der Waals surface area contributed by atoms with Crippen LogP contribution in [0.3, 0.4) is 0 Å². The van der Waals surface area contributed by atoms with Gasteiger partial charge in [-0.2, -0.15) is 0 Å². The number of carbonyl (C=O) groups excluding carboxylic acids is 1. The molecule has 2 aliphatic rings. The maximum absolute atomic E-state index is 14.0. The highest BCUT2D eigenvalue weighted by atomic mass is 79.9. The Morgan fingerprint density at radius 1 is 1.11 bits per heavy atom. The minimum absolute atomic E-state index is 0.102. The Bertz CT molecular complexity index is 2020. The van der Waals surface area contributed by atoms with Crippen LogP contribution in [-0.2, 0) is 16.1 Å². The third-order valence-corrected chi connectivity index (χ3v) is 9.68. The Hall–Kier alpha value is -3.09. The smallest absolute Gasteiger partial charge is 0.338 e. The Morgan fingerprint density at radius 3 is 2.59 bits per heavy atom. The summed E-state index contributed by atoms with van der Waals surface area (Å²) in [5, 5.41) is 1.06. The Morgan fingerprint density at radius 2 is 1.86 bits per heavy atom. The number of fused-ring (bicyclic) bond motifs is 2. The second-order valence-electron chi connectivity index (χ2n) is 9.75. The number of allylic oxidation sites excluding steroid dienone is 1. The third-order valence-electron chi connectivity index (χ3n) is 6.93. The van der Waals surface area contributed by atoms with Crippen molar-refractivity contribution in [1.29, 1.82) is 0 Å². The highest BCUT2D eigenvalue weighted by Gasteiger charge is 2.34. The maximum atomic E-state index is 14.0. The van der Waals surface area contributed by atoms with Gasteiger partial charge in [0.2, 0.25) is 6.79 Å². The number of esters is 1. The van der Waals surface area contributed by atoms with Crippen molar-refractivity contribution in [2.45, 2.75) is 26.5 Å². The highest BCUT2D eigenvalue weighted by molar-refractivity contribution is 9.11. The van der Waals surface area contributed by atoms with Gasteiger partial charge >= 0.3 is 5.97 Å². The van der Waals surface area contributed by atoms with Crippen LogP contribution in [0.2, 0.25) is 10.0 Å². The molecule has 1 aromatic heterocycles. The van der Waals surface area contributed by atoms with Crippen molar-refractivity contribution in [3.05, 3.63) is 115 Å². The van der Waals surface area contributed by atoms with Gasteiger partial charge in [-0.3, -0.25) is 9.36 Å². The lowest BCUT2D eigenvalue weighted by atomic mass is 9.95. The van der Waals surface area contributed by atoms with Crippen LogP contribution in [0.4, 0.5) is 0 Å². The molecule has 1 atom stereocenters. The van der Waals surface area contributed by atoms with E-state index in [9.17, 15) is 9.59 Å². The fourth-order valence-corrected chi connectivity index (χ4v) is 7.89. The first-order chi connectivity index (χ1) is 21.1. The first-order valence-corrected chi connectivity index (χ1v) is 16.5. The standard InChI is InChI=1S/C31H22Br2Cl2N2O6S/c1-3-40-30(39)26-15(2)36-31-37(27(26)17-5-7-23-24(11-17)43-14-42-23)29(38)25(44-31)10-16-8-20(32)28(21(33)9-16)41-13-18-4-6-19(34)12-22(18)35/h4-12,27H,3,13-14H2,1-2H3/b25-10-/t27-/m0/s1. The van der Waals surface area contributed by atoms with Crippen LogP contribution in [0.5, 0.6) is 17.2 Å². The summed E-state index contributed by atoms with van der Waals surface area (Å²) >= 11 is 20.7. The molecule has 6 rings (SSSR count). The van der Waals surface area contributed by atoms with Crippen molar-refractivity contribution in [3.8, 4) is 17.2 Å². The van der Waals surface area contributed by atoms with Gasteiger partial charge in [-0.05, 0) is 99.3 Å². The van der Waals surface area contributed by atoms with Crippen molar-refractivity contribution in [3.63, 3.8) is 0 Å². The average Bonchev–Trinajstić information content (AvgIpc) is 3.56. The SMILES string of the molecule is CCOC(=O)C1=C(C)N=c2s/c(=C\c3cc(Br)c(OCc4ccc(Cl)cc4Cl)c(Br)c3)c(=O)n2[C@H]1c1ccc2c(c1)OCO2. The molecule has 0 saturated carbocycles. The highest BCUT2D eigenvalue weighted by Crippen LogP contribution is 2.39. The lowest BCUT2D eigenvalue weighted by molar-refractivity contribution is -0.139. The normalized spacial score (nSPS) is 15.7. The van der Waals surface area contributed by atoms with E-state index in [2.05, 4.69) is 36.9 Å². The summed E-state index contributed by atoms with van der Waals surface area (Å²) in [6, 6.07) is 13.5. The molecule has 13 heteroatoms. The van der Waals surface area contributed by atoms with Crippen LogP contribution in [0.25, 0.3) is 6.08 Å². The van der Waals surface area contributed by atoms with Gasteiger partial charge in [0.1, 0.15) is 12.4 Å². The monoisotopic (exact) mass is 778 g/mol. The topological polar surface area (TPSA) is 88.4 Å². The first kappa shape index (κ1) is 30.9. The molecule has 3 heterocycles. The number of nitrogens with zero attached hydrogens (tertiary/aromatic N) is 2. The molecule has 0 bridgehead atoms. The van der Waals surface area contributed by atoms with Crippen LogP contribution in [0.15, 0.2) is 78.5 Å². The molecule has 0 aliphatic carbocycles. The van der Waals surface area contributed by atoms with Gasteiger partial charge in [0.25, 0.3) is 5.56 Å². The molecular weight excluding hydrogens is 759 g/mol. The van der Waals surface area contributed by atoms with Crippen molar-refractivity contribution in [2.75, 3.05) is 13.4 Å². The number of benzene rings is 3. The van der Waals surface area contributed by atoms with E-state index in [-0.39, 0.29) is 31.1 Å². The van der Waals surface area contributed by atoms with Crippen LogP contribution in [0.1, 0.15) is 36.6 Å². The third kappa shape index (κ3) is 5.95. The van der Waals surface area contributed by atoms with Crippen LogP contribution >= 0.6 is 66.4 Å². The van der Waals surface area contributed by atoms with E-state index in [1.807, 2.05) is 24.3 Å². The summed E-state index contributed by atoms with van der Waals surface area (Å²) in [6.45, 7) is 3.99. The average molecular weight is 781 g/mol. The predicted molar refractivity (Wildman–Crippen MR) is 176 cm³/mol. The second-order valence-corrected chi connectivity index (χ2v) is 13.3. The van der Waals surface area contributed by atoms with Gasteiger partial charge in [0, 0.05) is 15.6 Å². The molecule has 0 N–H and O–H groups in total. The summed E-state index contributed by atoms with van der Waals surface area (Å²) in [5.74, 6) is 1.18. The van der Waals surface area contributed by atoms with Gasteiger partial charge in [0.15, 0.2) is 16.3 Å². The van der Waals surface area contributed by atoms with Crippen molar-refractivity contribution in [2.24, 2.45) is 4.99 Å². The molecule has 2 aliphatic heterocycles. The minimum atomic E-state index is -0.768. The predicted octanol–water partition coefficient (Wildman–Crippen LogP) is 6.94. The molecule has 0 fully saturated rings. The van der Waals surface area contributed by atoms with Crippen LogP contribution in [-0.4, -0.2) is 23.9 Å². The van der Waals surface area contributed by atoms with Gasteiger partial charge in [-0.1, -0.05) is 46.7 Å². The van der Waals surface area contributed by atoms with E-state index in [1.54, 1.807) is 44.2 Å². The number of hydrogen-bond donors (Lipinski definition) is 0. The molecule has 0 radical (unpaired) electrons. The Labute approximate surface area is 282 Å². The molecule has 8 nitrogen and oxygen atoms in total. The Kier molecular flexibility index (Phi) is 8.94. The van der Waals surface area contributed by atoms with E-state index in [0.717, 1.165) is 11.1 Å². The largest absolute Gasteiger partial charge is 0.486 e. The first-order valence-electron chi connectivity index (χ1n) is 13.3. The summed E-state index contributed by atoms with van der Waals surface area (Å²) in [4.78, 5) is 32.3. The van der Waals surface area contributed by atoms with Crippen LogP contribution in [0, 0.1) is 0 Å². The number of carbonyl (C=O) groups is 1. The zero-order chi connectivity index (χ0) is 31.1. The van der Waals surface area contributed by atoms with Crippen molar-refractivity contribution >= 4 is 78.4 Å². The minimum Gasteiger partial charge on any atom is -0.486 e. The summed E-state index contributed by atoms with van der Waals surface area (Å²) in [6.07, 6.45) is 1.78. The van der Waals surface area contributed by atoms with Crippen molar-refractivity contribution < 1.29 is 23.7 Å². The van der Waals surface area contributed by atoms with Gasteiger partial charge in [-0.15, -0.1) is 0 Å². The van der Waals surface area contributed by atoms with Gasteiger partial charge in [0.05, 0.1) is 37.4 Å². The molecular formula is C31H22Br2Cl2N2O6S. The van der Waals surface area contributed by atoms with E-state index in [1.165, 1.54) is 15.9 Å². The fraction of sp³-hybridized carbons (Fsp3) is 0.194. The lowest BCUT2D eigenvalue weighted by Crippen LogP contribution is -2.39. The number of hydrogen-bond acceptors (Lipinski definition) is 8. The summed E-state index contributed by atoms with van der Waals surface area (Å²) in [5.41, 5.74) is 2.67. The summed E-state index contributed by atoms with van der Waals surface area (Å²) < 4.78 is 25.8. The van der Waals surface area contributed by atoms with E-state index in [4.69, 9.17) is 42.1 Å². The lowest BCUT2D eigenvalue weighted by Gasteiger charge is -2.24. The van der Waals surface area contributed by atoms with E-state index >= 15 is 0 Å². The molecule has 4 aromatic rings. The molecule has 0 unspecified atom stereocenters. The number of aromatic nitrogens is 1. The molecule has 0 saturated heterocycles. The van der Waals surface area contributed by atoms with E-state index in [0.29, 0.717) is 56.8 Å². The second kappa shape index (κ2) is 12.7. The molecule has 3 aromatic carbocycles. The zero-order valence-corrected chi connectivity index (χ0v) is 28.7. The number of rotatable bonds is 7. The number of thiazole rings is 1. The molecule has 44 heavy (non-hydrogen) atoms. The quantitative estimate of drug-likeness (QED) is 0.189. The Balaban J connectivity index is 1.39. The van der Waals surface area contributed by atoms with Gasteiger partial charge < -0.3 is 18.9 Å². The van der Waals surface area contributed by atoms with Gasteiger partial charge in [-0.25, -0.2) is 9.79 Å². The molecule has 0 spiro atoms. The van der Waals surface area contributed by atoms with Crippen LogP contribution < -0.4 is 29.1 Å². The summed E-state index contributed by atoms with van der Waals surface area (Å²) in [7, 11) is 0. The molecule has 0 amide bonds. The zero-order valence-electron chi connectivity index (χ0n) is 23.2.